The molecule has 1 unspecified atom stereocenters. The molecule has 3 nitrogen and oxygen atoms in total. The lowest BCUT2D eigenvalue weighted by Gasteiger charge is -2.32. The van der Waals surface area contributed by atoms with Crippen molar-refractivity contribution < 1.29 is 0 Å². The zero-order valence-electron chi connectivity index (χ0n) is 12.0. The lowest BCUT2D eigenvalue weighted by Crippen LogP contribution is -2.48. The number of rotatable bonds is 4. The number of nitrogens with zero attached hydrogens (tertiary/aromatic N) is 2. The first kappa shape index (κ1) is 14.0. The number of nitrogens with one attached hydrogen (secondary N) is 1. The Kier molecular flexibility index (Phi) is 4.76. The third kappa shape index (κ3) is 3.31. The van der Waals surface area contributed by atoms with Crippen molar-refractivity contribution in [1.82, 2.24) is 15.2 Å². The van der Waals surface area contributed by atoms with Crippen LogP contribution in [-0.2, 0) is 6.42 Å². The molecule has 2 rings (SSSR count). The summed E-state index contributed by atoms with van der Waals surface area (Å²) < 4.78 is 0. The molecule has 0 radical (unpaired) electrons. The Morgan fingerprint density at radius 3 is 2.50 bits per heavy atom. The molecule has 1 N–H and O–H groups in total. The average Bonchev–Trinajstić information content (AvgIpc) is 2.72. The van der Waals surface area contributed by atoms with E-state index >= 15 is 0 Å². The van der Waals surface area contributed by atoms with E-state index < -0.39 is 0 Å². The summed E-state index contributed by atoms with van der Waals surface area (Å²) in [5.41, 5.74) is 1.24. The highest BCUT2D eigenvalue weighted by Gasteiger charge is 2.19. The van der Waals surface area contributed by atoms with Gasteiger partial charge in [0.1, 0.15) is 0 Å². The van der Waals surface area contributed by atoms with E-state index in [1.807, 2.05) is 11.3 Å². The summed E-state index contributed by atoms with van der Waals surface area (Å²) in [6.07, 6.45) is 1.15. The maximum absolute atomic E-state index is 4.70. The fourth-order valence-electron chi connectivity index (χ4n) is 2.41. The Balaban J connectivity index is 1.99. The van der Waals surface area contributed by atoms with Gasteiger partial charge in [0.25, 0.3) is 0 Å². The fourth-order valence-corrected chi connectivity index (χ4v) is 3.60. The van der Waals surface area contributed by atoms with Crippen LogP contribution in [0.2, 0.25) is 0 Å². The van der Waals surface area contributed by atoms with Crippen LogP contribution in [0.4, 0.5) is 0 Å². The topological polar surface area (TPSA) is 28.2 Å². The number of piperazine rings is 1. The molecule has 2 heterocycles. The monoisotopic (exact) mass is 267 g/mol. The minimum absolute atomic E-state index is 0.553. The predicted molar refractivity (Wildman–Crippen MR) is 78.5 cm³/mol. The van der Waals surface area contributed by atoms with E-state index in [1.54, 1.807) is 0 Å². The summed E-state index contributed by atoms with van der Waals surface area (Å²) in [5.74, 6) is 0.553. The molecule has 0 aliphatic carbocycles. The molecule has 1 aromatic rings. The van der Waals surface area contributed by atoms with Crippen LogP contribution in [0.15, 0.2) is 0 Å². The Labute approximate surface area is 115 Å². The normalized spacial score (nSPS) is 19.4. The summed E-state index contributed by atoms with van der Waals surface area (Å²) in [4.78, 5) is 8.76. The Morgan fingerprint density at radius 2 is 1.94 bits per heavy atom. The van der Waals surface area contributed by atoms with Gasteiger partial charge in [-0.1, -0.05) is 13.8 Å². The second-order valence-electron chi connectivity index (χ2n) is 5.55. The first-order chi connectivity index (χ1) is 8.58. The van der Waals surface area contributed by atoms with E-state index in [1.165, 1.54) is 28.7 Å². The fraction of sp³-hybridized carbons (Fsp3) is 0.786. The zero-order valence-corrected chi connectivity index (χ0v) is 12.8. The Hall–Kier alpha value is -0.450. The van der Waals surface area contributed by atoms with E-state index in [0.29, 0.717) is 12.0 Å². The quantitative estimate of drug-likeness (QED) is 0.908. The molecule has 0 spiro atoms. The Morgan fingerprint density at radius 1 is 1.28 bits per heavy atom. The standard InChI is InChI=1S/C14H25N3S/c1-10(2)14-16-12(4)13(18-14)9-11(3)17-7-5-15-6-8-17/h10-11,15H,5-9H2,1-4H3. The lowest BCUT2D eigenvalue weighted by atomic mass is 10.1. The van der Waals surface area contributed by atoms with Gasteiger partial charge in [-0.15, -0.1) is 11.3 Å². The largest absolute Gasteiger partial charge is 0.314 e. The highest BCUT2D eigenvalue weighted by atomic mass is 32.1. The van der Waals surface area contributed by atoms with Crippen molar-refractivity contribution >= 4 is 11.3 Å². The van der Waals surface area contributed by atoms with Gasteiger partial charge < -0.3 is 5.32 Å². The van der Waals surface area contributed by atoms with E-state index in [9.17, 15) is 0 Å². The van der Waals surface area contributed by atoms with Crippen LogP contribution in [0.1, 0.15) is 42.3 Å². The molecule has 1 aliphatic rings. The van der Waals surface area contributed by atoms with Crippen molar-refractivity contribution in [3.05, 3.63) is 15.6 Å². The van der Waals surface area contributed by atoms with Crippen LogP contribution < -0.4 is 5.32 Å². The molecule has 1 aromatic heterocycles. The smallest absolute Gasteiger partial charge is 0.0956 e. The van der Waals surface area contributed by atoms with Crippen LogP contribution in [0.3, 0.4) is 0 Å². The summed E-state index contributed by atoms with van der Waals surface area (Å²) >= 11 is 1.91. The summed E-state index contributed by atoms with van der Waals surface area (Å²) in [6.45, 7) is 13.6. The van der Waals surface area contributed by atoms with Gasteiger partial charge in [0.2, 0.25) is 0 Å². The summed E-state index contributed by atoms with van der Waals surface area (Å²) in [6, 6.07) is 0.631. The third-order valence-corrected chi connectivity index (χ3v) is 5.14. The van der Waals surface area contributed by atoms with Gasteiger partial charge in [0.05, 0.1) is 10.7 Å². The minimum atomic E-state index is 0.553. The van der Waals surface area contributed by atoms with Crippen LogP contribution in [0.25, 0.3) is 0 Å². The third-order valence-electron chi connectivity index (χ3n) is 3.66. The molecule has 0 amide bonds. The lowest BCUT2D eigenvalue weighted by molar-refractivity contribution is 0.184. The molecule has 0 bridgehead atoms. The van der Waals surface area contributed by atoms with Crippen molar-refractivity contribution in [2.45, 2.75) is 46.1 Å². The van der Waals surface area contributed by atoms with Gasteiger partial charge in [0.15, 0.2) is 0 Å². The molecule has 1 saturated heterocycles. The molecule has 1 aliphatic heterocycles. The number of aromatic nitrogens is 1. The second-order valence-corrected chi connectivity index (χ2v) is 6.67. The Bertz CT molecular complexity index is 380. The molecule has 0 aromatic carbocycles. The van der Waals surface area contributed by atoms with Crippen molar-refractivity contribution in [3.8, 4) is 0 Å². The van der Waals surface area contributed by atoms with Crippen molar-refractivity contribution in [3.63, 3.8) is 0 Å². The SMILES string of the molecule is Cc1nc(C(C)C)sc1CC(C)N1CCNCC1. The molecule has 18 heavy (non-hydrogen) atoms. The molecule has 0 saturated carbocycles. The minimum Gasteiger partial charge on any atom is -0.314 e. The average molecular weight is 267 g/mol. The van der Waals surface area contributed by atoms with Gasteiger partial charge in [-0.3, -0.25) is 4.90 Å². The maximum Gasteiger partial charge on any atom is 0.0956 e. The molecule has 1 fully saturated rings. The van der Waals surface area contributed by atoms with Crippen molar-refractivity contribution in [1.29, 1.82) is 0 Å². The van der Waals surface area contributed by atoms with Crippen LogP contribution >= 0.6 is 11.3 Å². The van der Waals surface area contributed by atoms with Gasteiger partial charge in [-0.25, -0.2) is 4.98 Å². The first-order valence-electron chi connectivity index (χ1n) is 6.99. The van der Waals surface area contributed by atoms with E-state index in [2.05, 4.69) is 37.9 Å². The second kappa shape index (κ2) is 6.13. The van der Waals surface area contributed by atoms with Gasteiger partial charge in [-0.2, -0.15) is 0 Å². The predicted octanol–water partition coefficient (Wildman–Crippen LogP) is 2.41. The van der Waals surface area contributed by atoms with Gasteiger partial charge >= 0.3 is 0 Å². The van der Waals surface area contributed by atoms with E-state index in [4.69, 9.17) is 4.98 Å². The van der Waals surface area contributed by atoms with Crippen LogP contribution in [0, 0.1) is 6.92 Å². The van der Waals surface area contributed by atoms with Gasteiger partial charge in [-0.05, 0) is 20.3 Å². The molecular weight excluding hydrogens is 242 g/mol. The van der Waals surface area contributed by atoms with Crippen molar-refractivity contribution in [2.24, 2.45) is 0 Å². The van der Waals surface area contributed by atoms with Crippen molar-refractivity contribution in [2.75, 3.05) is 26.2 Å². The zero-order chi connectivity index (χ0) is 13.1. The first-order valence-corrected chi connectivity index (χ1v) is 7.80. The maximum atomic E-state index is 4.70. The number of aryl methyl sites for hydroxylation is 1. The summed E-state index contributed by atoms with van der Waals surface area (Å²) in [5, 5.41) is 4.70. The highest BCUT2D eigenvalue weighted by Crippen LogP contribution is 2.26. The number of thiazole rings is 1. The van der Waals surface area contributed by atoms with E-state index in [-0.39, 0.29) is 0 Å². The number of hydrogen-bond donors (Lipinski definition) is 1. The van der Waals surface area contributed by atoms with E-state index in [0.717, 1.165) is 19.5 Å². The van der Waals surface area contributed by atoms with Crippen LogP contribution in [-0.4, -0.2) is 42.1 Å². The molecule has 1 atom stereocenters. The molecular formula is C14H25N3S. The highest BCUT2D eigenvalue weighted by molar-refractivity contribution is 7.11. The van der Waals surface area contributed by atoms with Gasteiger partial charge in [0, 0.05) is 43.0 Å². The number of hydrogen-bond acceptors (Lipinski definition) is 4. The summed E-state index contributed by atoms with van der Waals surface area (Å²) in [7, 11) is 0. The molecule has 4 heteroatoms. The van der Waals surface area contributed by atoms with Crippen LogP contribution in [0.5, 0.6) is 0 Å². The molecule has 102 valence electrons.